The Morgan fingerprint density at radius 1 is 1.16 bits per heavy atom. The molecule has 1 saturated carbocycles. The zero-order chi connectivity index (χ0) is 17.8. The van der Waals surface area contributed by atoms with Gasteiger partial charge in [-0.2, -0.15) is 0 Å². The summed E-state index contributed by atoms with van der Waals surface area (Å²) in [7, 11) is 0. The van der Waals surface area contributed by atoms with Crippen molar-refractivity contribution in [2.24, 2.45) is 10.8 Å². The predicted molar refractivity (Wildman–Crippen MR) is 96.7 cm³/mol. The van der Waals surface area contributed by atoms with Crippen molar-refractivity contribution < 1.29 is 4.79 Å². The Bertz CT molecular complexity index is 810. The monoisotopic (exact) mass is 338 g/mol. The maximum Gasteiger partial charge on any atom is 0.293 e. The molecule has 25 heavy (non-hydrogen) atoms. The van der Waals surface area contributed by atoms with E-state index in [1.54, 1.807) is 4.68 Å². The Balaban J connectivity index is 1.62. The smallest absolute Gasteiger partial charge is 0.293 e. The topological polar surface area (TPSA) is 51.0 Å². The average molecular weight is 338 g/mol. The van der Waals surface area contributed by atoms with E-state index in [4.69, 9.17) is 0 Å². The molecule has 2 bridgehead atoms. The molecule has 1 aromatic carbocycles. The van der Waals surface area contributed by atoms with Crippen LogP contribution in [0.25, 0.3) is 5.69 Å². The Morgan fingerprint density at radius 2 is 1.88 bits per heavy atom. The van der Waals surface area contributed by atoms with Crippen LogP contribution >= 0.6 is 0 Å². The Kier molecular flexibility index (Phi) is 3.53. The molecular formula is C20H26N4O. The van der Waals surface area contributed by atoms with Gasteiger partial charge in [-0.15, -0.1) is 5.10 Å². The number of nitrogens with zero attached hydrogens (tertiary/aromatic N) is 4. The van der Waals surface area contributed by atoms with Gasteiger partial charge in [0.15, 0.2) is 0 Å². The molecule has 5 nitrogen and oxygen atoms in total. The second kappa shape index (κ2) is 5.41. The maximum absolute atomic E-state index is 13.1. The Labute approximate surface area is 149 Å². The summed E-state index contributed by atoms with van der Waals surface area (Å²) in [4.78, 5) is 19.6. The van der Waals surface area contributed by atoms with Gasteiger partial charge in [0, 0.05) is 12.6 Å². The number of carbonyl (C=O) groups is 1. The summed E-state index contributed by atoms with van der Waals surface area (Å²) >= 11 is 0. The fraction of sp³-hybridized carbons (Fsp3) is 0.550. The molecule has 2 atom stereocenters. The first kappa shape index (κ1) is 16.3. The van der Waals surface area contributed by atoms with E-state index in [9.17, 15) is 4.79 Å². The molecule has 1 aliphatic carbocycles. The third kappa shape index (κ3) is 2.86. The van der Waals surface area contributed by atoms with Crippen molar-refractivity contribution >= 4 is 5.91 Å². The van der Waals surface area contributed by atoms with Gasteiger partial charge >= 0.3 is 0 Å². The molecule has 1 amide bonds. The first-order valence-electron chi connectivity index (χ1n) is 9.07. The lowest BCUT2D eigenvalue weighted by atomic mass is 9.65. The lowest BCUT2D eigenvalue weighted by Crippen LogP contribution is -2.38. The molecule has 5 heteroatoms. The quantitative estimate of drug-likeness (QED) is 0.840. The van der Waals surface area contributed by atoms with Gasteiger partial charge in [0.2, 0.25) is 5.82 Å². The number of rotatable bonds is 2. The van der Waals surface area contributed by atoms with Crippen LogP contribution in [-0.4, -0.2) is 38.2 Å². The fourth-order valence-corrected chi connectivity index (χ4v) is 5.12. The first-order valence-corrected chi connectivity index (χ1v) is 9.07. The van der Waals surface area contributed by atoms with Crippen LogP contribution in [0.15, 0.2) is 30.3 Å². The SMILES string of the molecule is Cc1nc(C(=O)N2C[C@@]3(C)C[C@H]2CC(C)(C)C3)nn1-c1ccccc1. The summed E-state index contributed by atoms with van der Waals surface area (Å²) in [6.07, 6.45) is 3.33. The lowest BCUT2D eigenvalue weighted by Gasteiger charge is -2.39. The summed E-state index contributed by atoms with van der Waals surface area (Å²) in [6.45, 7) is 9.66. The van der Waals surface area contributed by atoms with Gasteiger partial charge in [-0.3, -0.25) is 4.79 Å². The summed E-state index contributed by atoms with van der Waals surface area (Å²) in [5, 5.41) is 4.51. The molecule has 1 aromatic heterocycles. The van der Waals surface area contributed by atoms with Crippen molar-refractivity contribution in [1.29, 1.82) is 0 Å². The molecule has 2 fully saturated rings. The molecule has 0 radical (unpaired) electrons. The highest BCUT2D eigenvalue weighted by Crippen LogP contribution is 2.52. The van der Waals surface area contributed by atoms with E-state index in [-0.39, 0.29) is 11.3 Å². The summed E-state index contributed by atoms with van der Waals surface area (Å²) in [6, 6.07) is 10.2. The van der Waals surface area contributed by atoms with Gasteiger partial charge in [0.1, 0.15) is 5.82 Å². The van der Waals surface area contributed by atoms with Crippen molar-refractivity contribution in [3.8, 4) is 5.69 Å². The number of hydrogen-bond donors (Lipinski definition) is 0. The van der Waals surface area contributed by atoms with Gasteiger partial charge in [-0.05, 0) is 49.1 Å². The third-order valence-corrected chi connectivity index (χ3v) is 5.64. The van der Waals surface area contributed by atoms with Crippen LogP contribution < -0.4 is 0 Å². The van der Waals surface area contributed by atoms with E-state index in [2.05, 4.69) is 30.9 Å². The highest BCUT2D eigenvalue weighted by atomic mass is 16.2. The molecule has 1 saturated heterocycles. The van der Waals surface area contributed by atoms with E-state index in [0.29, 0.717) is 17.3 Å². The molecule has 132 valence electrons. The van der Waals surface area contributed by atoms with Crippen LogP contribution in [-0.2, 0) is 0 Å². The number of hydrogen-bond acceptors (Lipinski definition) is 3. The first-order chi connectivity index (χ1) is 11.8. The summed E-state index contributed by atoms with van der Waals surface area (Å²) < 4.78 is 1.75. The minimum atomic E-state index is -0.0239. The third-order valence-electron chi connectivity index (χ3n) is 5.64. The fourth-order valence-electron chi connectivity index (χ4n) is 5.12. The van der Waals surface area contributed by atoms with E-state index >= 15 is 0 Å². The standard InChI is InChI=1S/C20H26N4O/c1-14-21-17(22-24(14)15-8-6-5-7-9-15)18(25)23-13-20(4)11-16(23)10-19(2,3)12-20/h5-9,16H,10-13H2,1-4H3/t16-,20+/m1/s1. The van der Waals surface area contributed by atoms with Gasteiger partial charge in [0.05, 0.1) is 5.69 Å². The second-order valence-corrected chi connectivity index (χ2v) is 8.88. The second-order valence-electron chi connectivity index (χ2n) is 8.88. The van der Waals surface area contributed by atoms with Crippen LogP contribution in [0.1, 0.15) is 56.5 Å². The number of fused-ring (bicyclic) bond motifs is 2. The lowest BCUT2D eigenvalue weighted by molar-refractivity contribution is 0.0696. The normalized spacial score (nSPS) is 27.5. The van der Waals surface area contributed by atoms with Crippen molar-refractivity contribution in [2.75, 3.05) is 6.54 Å². The average Bonchev–Trinajstić information content (AvgIpc) is 3.04. The zero-order valence-corrected chi connectivity index (χ0v) is 15.5. The highest BCUT2D eigenvalue weighted by molar-refractivity contribution is 5.91. The number of aryl methyl sites for hydroxylation is 1. The van der Waals surface area contributed by atoms with Crippen molar-refractivity contribution in [3.63, 3.8) is 0 Å². The highest BCUT2D eigenvalue weighted by Gasteiger charge is 2.51. The van der Waals surface area contributed by atoms with Gasteiger partial charge in [-0.1, -0.05) is 39.0 Å². The van der Waals surface area contributed by atoms with Crippen molar-refractivity contribution in [3.05, 3.63) is 42.0 Å². The largest absolute Gasteiger partial charge is 0.332 e. The van der Waals surface area contributed by atoms with E-state index in [0.717, 1.165) is 30.9 Å². The molecule has 4 rings (SSSR count). The summed E-state index contributed by atoms with van der Waals surface area (Å²) in [5.41, 5.74) is 1.44. The minimum absolute atomic E-state index is 0.0239. The molecule has 1 aliphatic heterocycles. The molecule has 2 aliphatic rings. The number of aromatic nitrogens is 3. The number of amides is 1. The maximum atomic E-state index is 13.1. The van der Waals surface area contributed by atoms with Crippen molar-refractivity contribution in [2.45, 2.75) is 53.0 Å². The minimum Gasteiger partial charge on any atom is -0.332 e. The zero-order valence-electron chi connectivity index (χ0n) is 15.5. The molecular weight excluding hydrogens is 312 g/mol. The molecule has 2 heterocycles. The van der Waals surface area contributed by atoms with E-state index in [1.165, 1.54) is 6.42 Å². The van der Waals surface area contributed by atoms with Crippen molar-refractivity contribution in [1.82, 2.24) is 19.7 Å². The Morgan fingerprint density at radius 3 is 2.60 bits per heavy atom. The van der Waals surface area contributed by atoms with Gasteiger partial charge < -0.3 is 4.90 Å². The molecule has 0 unspecified atom stereocenters. The van der Waals surface area contributed by atoms with E-state index in [1.807, 2.05) is 42.2 Å². The van der Waals surface area contributed by atoms with Crippen LogP contribution in [0.5, 0.6) is 0 Å². The number of carbonyl (C=O) groups excluding carboxylic acids is 1. The Hall–Kier alpha value is -2.17. The number of likely N-dealkylation sites (tertiary alicyclic amines) is 1. The number of para-hydroxylation sites is 1. The molecule has 2 aromatic rings. The molecule has 0 spiro atoms. The van der Waals surface area contributed by atoms with Gasteiger partial charge in [0.25, 0.3) is 5.91 Å². The van der Waals surface area contributed by atoms with Crippen LogP contribution in [0, 0.1) is 17.8 Å². The summed E-state index contributed by atoms with van der Waals surface area (Å²) in [5.74, 6) is 1.03. The number of benzene rings is 1. The van der Waals surface area contributed by atoms with Crippen LogP contribution in [0.4, 0.5) is 0 Å². The molecule has 0 N–H and O–H groups in total. The van der Waals surface area contributed by atoms with Crippen LogP contribution in [0.3, 0.4) is 0 Å². The van der Waals surface area contributed by atoms with Crippen LogP contribution in [0.2, 0.25) is 0 Å². The predicted octanol–water partition coefficient (Wildman–Crippen LogP) is 3.62. The van der Waals surface area contributed by atoms with E-state index < -0.39 is 0 Å². The van der Waals surface area contributed by atoms with Gasteiger partial charge in [-0.25, -0.2) is 9.67 Å².